The summed E-state index contributed by atoms with van der Waals surface area (Å²) >= 11 is 5.99. The van der Waals surface area contributed by atoms with Gasteiger partial charge in [0.05, 0.1) is 13.1 Å². The van der Waals surface area contributed by atoms with Crippen LogP contribution in [0.25, 0.3) is 21.8 Å². The lowest BCUT2D eigenvalue weighted by Crippen LogP contribution is -2.51. The van der Waals surface area contributed by atoms with E-state index in [-0.39, 0.29) is 24.0 Å². The Morgan fingerprint density at radius 2 is 1.87 bits per heavy atom. The first-order chi connectivity index (χ1) is 14.4. The van der Waals surface area contributed by atoms with Crippen LogP contribution < -0.4 is 0 Å². The quantitative estimate of drug-likeness (QED) is 0.506. The average molecular weight is 444 g/mol. The van der Waals surface area contributed by atoms with Gasteiger partial charge in [-0.3, -0.25) is 9.78 Å². The molecule has 5 rings (SSSR count). The molecule has 30 heavy (non-hydrogen) atoms. The Labute approximate surface area is 177 Å². The maximum Gasteiger partial charge on any atom is 0.259 e. The number of rotatable bonds is 4. The van der Waals surface area contributed by atoms with Crippen molar-refractivity contribution in [3.05, 3.63) is 59.5 Å². The van der Waals surface area contributed by atoms with Crippen LogP contribution in [0, 0.1) is 0 Å². The summed E-state index contributed by atoms with van der Waals surface area (Å²) in [4.78, 5) is 24.6. The number of piperazine rings is 1. The number of amides is 1. The Bertz CT molecular complexity index is 1340. The number of hydrogen-bond acceptors (Lipinski definition) is 4. The molecule has 0 bridgehead atoms. The number of aromatic amines is 2. The molecule has 1 amide bonds. The van der Waals surface area contributed by atoms with Gasteiger partial charge in [-0.25, -0.2) is 8.42 Å². The van der Waals surface area contributed by atoms with Gasteiger partial charge in [-0.2, -0.15) is 4.31 Å². The minimum Gasteiger partial charge on any atom is -0.357 e. The van der Waals surface area contributed by atoms with E-state index in [4.69, 9.17) is 11.6 Å². The molecule has 154 valence electrons. The lowest BCUT2D eigenvalue weighted by Gasteiger charge is -2.33. The van der Waals surface area contributed by atoms with Crippen LogP contribution >= 0.6 is 11.6 Å². The molecule has 4 aromatic rings. The second kappa shape index (κ2) is 7.12. The van der Waals surface area contributed by atoms with Crippen molar-refractivity contribution >= 4 is 49.3 Å². The van der Waals surface area contributed by atoms with Crippen LogP contribution in [-0.4, -0.2) is 58.1 Å². The Kier molecular flexibility index (Phi) is 4.53. The number of pyridine rings is 1. The molecule has 1 aromatic carbocycles. The van der Waals surface area contributed by atoms with Crippen molar-refractivity contribution in [2.75, 3.05) is 19.6 Å². The highest BCUT2D eigenvalue weighted by Crippen LogP contribution is 2.25. The molecule has 8 nitrogen and oxygen atoms in total. The zero-order chi connectivity index (χ0) is 20.9. The second-order valence-electron chi connectivity index (χ2n) is 7.28. The molecule has 0 aliphatic carbocycles. The number of hydrogen-bond donors (Lipinski definition) is 2. The molecule has 3 aromatic heterocycles. The average Bonchev–Trinajstić information content (AvgIpc) is 3.32. The molecule has 0 atom stereocenters. The van der Waals surface area contributed by atoms with Crippen molar-refractivity contribution in [1.29, 1.82) is 0 Å². The van der Waals surface area contributed by atoms with E-state index >= 15 is 0 Å². The first-order valence-electron chi connectivity index (χ1n) is 9.38. The van der Waals surface area contributed by atoms with Crippen LogP contribution in [0.5, 0.6) is 0 Å². The van der Waals surface area contributed by atoms with Crippen LogP contribution in [0.1, 0.15) is 5.69 Å². The predicted octanol–water partition coefficient (Wildman–Crippen LogP) is 2.73. The van der Waals surface area contributed by atoms with Gasteiger partial charge in [-0.05, 0) is 36.4 Å². The van der Waals surface area contributed by atoms with E-state index in [9.17, 15) is 13.2 Å². The van der Waals surface area contributed by atoms with E-state index in [1.54, 1.807) is 41.6 Å². The fourth-order valence-corrected chi connectivity index (χ4v) is 5.31. The van der Waals surface area contributed by atoms with E-state index in [2.05, 4.69) is 15.0 Å². The van der Waals surface area contributed by atoms with E-state index in [1.165, 1.54) is 4.31 Å². The minimum atomic E-state index is -3.82. The lowest BCUT2D eigenvalue weighted by molar-refractivity contribution is -0.134. The zero-order valence-corrected chi connectivity index (χ0v) is 17.4. The highest BCUT2D eigenvalue weighted by Gasteiger charge is 2.34. The molecule has 1 fully saturated rings. The fraction of sp³-hybridized carbons (Fsp3) is 0.200. The molecule has 1 aliphatic rings. The largest absolute Gasteiger partial charge is 0.357 e. The number of carbonyl (C=O) groups is 1. The number of nitrogens with zero attached hydrogens (tertiary/aromatic N) is 3. The van der Waals surface area contributed by atoms with Crippen molar-refractivity contribution in [3.8, 4) is 0 Å². The topological polar surface area (TPSA) is 102 Å². The van der Waals surface area contributed by atoms with Gasteiger partial charge in [0.2, 0.25) is 5.91 Å². The molecule has 0 unspecified atom stereocenters. The Morgan fingerprint density at radius 3 is 2.67 bits per heavy atom. The van der Waals surface area contributed by atoms with Crippen molar-refractivity contribution in [3.63, 3.8) is 0 Å². The maximum absolute atomic E-state index is 13.0. The number of aromatic nitrogens is 3. The summed E-state index contributed by atoms with van der Waals surface area (Å²) in [5.41, 5.74) is 2.51. The molecular formula is C20H18ClN5O3S. The summed E-state index contributed by atoms with van der Waals surface area (Å²) in [7, 11) is -3.82. The summed E-state index contributed by atoms with van der Waals surface area (Å²) in [6.45, 7) is 0.746. The number of carbonyl (C=O) groups excluding carboxylic acids is 1. The summed E-state index contributed by atoms with van der Waals surface area (Å²) < 4.78 is 27.3. The molecular weight excluding hydrogens is 426 g/mol. The van der Waals surface area contributed by atoms with Crippen molar-refractivity contribution in [2.45, 2.75) is 11.6 Å². The summed E-state index contributed by atoms with van der Waals surface area (Å²) in [5, 5.41) is 2.27. The van der Waals surface area contributed by atoms with Crippen LogP contribution in [0.2, 0.25) is 5.02 Å². The summed E-state index contributed by atoms with van der Waals surface area (Å²) in [5.74, 6) is -0.235. The molecule has 0 saturated carbocycles. The highest BCUT2D eigenvalue weighted by molar-refractivity contribution is 7.89. The summed E-state index contributed by atoms with van der Waals surface area (Å²) in [6.07, 6.45) is 3.46. The first kappa shape index (κ1) is 19.1. The smallest absolute Gasteiger partial charge is 0.259 e. The van der Waals surface area contributed by atoms with Gasteiger partial charge in [-0.15, -0.1) is 0 Å². The van der Waals surface area contributed by atoms with E-state index < -0.39 is 10.0 Å². The maximum atomic E-state index is 13.0. The third kappa shape index (κ3) is 3.34. The number of benzene rings is 1. The Hall–Kier alpha value is -2.88. The van der Waals surface area contributed by atoms with Crippen molar-refractivity contribution in [2.24, 2.45) is 0 Å². The standard InChI is InChI=1S/C20H18ClN5O3S/c21-15-1-2-17-13(7-15)9-19(24-17)30(28,29)26-6-5-25(20(27)12-26)11-16-8-14-10-22-4-3-18(14)23-16/h1-4,7-10,23-24H,5-6,11-12H2. The van der Waals surface area contributed by atoms with Gasteiger partial charge in [0, 0.05) is 58.0 Å². The van der Waals surface area contributed by atoms with Gasteiger partial charge in [0.25, 0.3) is 10.0 Å². The molecule has 1 saturated heterocycles. The predicted molar refractivity (Wildman–Crippen MR) is 114 cm³/mol. The van der Waals surface area contributed by atoms with Crippen LogP contribution in [-0.2, 0) is 21.4 Å². The Morgan fingerprint density at radius 1 is 1.03 bits per heavy atom. The number of sulfonamides is 1. The molecule has 2 N–H and O–H groups in total. The van der Waals surface area contributed by atoms with Gasteiger partial charge in [0.15, 0.2) is 0 Å². The highest BCUT2D eigenvalue weighted by atomic mass is 35.5. The SMILES string of the molecule is O=C1CN(S(=O)(=O)c2cc3cc(Cl)ccc3[nH]2)CCN1Cc1cc2cnccc2[nH]1. The number of fused-ring (bicyclic) bond motifs is 2. The minimum absolute atomic E-state index is 0.0594. The van der Waals surface area contributed by atoms with E-state index in [0.29, 0.717) is 29.0 Å². The van der Waals surface area contributed by atoms with Crippen molar-refractivity contribution in [1.82, 2.24) is 24.2 Å². The second-order valence-corrected chi connectivity index (χ2v) is 9.62. The zero-order valence-electron chi connectivity index (χ0n) is 15.8. The molecule has 4 heterocycles. The van der Waals surface area contributed by atoms with Crippen molar-refractivity contribution < 1.29 is 13.2 Å². The lowest BCUT2D eigenvalue weighted by atomic mass is 10.2. The van der Waals surface area contributed by atoms with E-state index in [1.807, 2.05) is 12.1 Å². The summed E-state index contributed by atoms with van der Waals surface area (Å²) in [6, 6.07) is 10.5. The van der Waals surface area contributed by atoms with Gasteiger partial charge in [-0.1, -0.05) is 11.6 Å². The molecule has 0 spiro atoms. The van der Waals surface area contributed by atoms with Crippen LogP contribution in [0.4, 0.5) is 0 Å². The number of halogens is 1. The third-order valence-corrected chi connectivity index (χ3v) is 7.30. The van der Waals surface area contributed by atoms with Gasteiger partial charge in [0.1, 0.15) is 5.03 Å². The van der Waals surface area contributed by atoms with Gasteiger partial charge < -0.3 is 14.9 Å². The number of nitrogens with one attached hydrogen (secondary N) is 2. The normalized spacial score (nSPS) is 16.0. The van der Waals surface area contributed by atoms with E-state index in [0.717, 1.165) is 16.6 Å². The molecule has 1 aliphatic heterocycles. The third-order valence-electron chi connectivity index (χ3n) is 5.30. The van der Waals surface area contributed by atoms with Crippen LogP contribution in [0.3, 0.4) is 0 Å². The first-order valence-corrected chi connectivity index (χ1v) is 11.2. The number of H-pyrrole nitrogens is 2. The van der Waals surface area contributed by atoms with Crippen LogP contribution in [0.15, 0.2) is 53.8 Å². The monoisotopic (exact) mass is 443 g/mol. The van der Waals surface area contributed by atoms with Gasteiger partial charge >= 0.3 is 0 Å². The molecule has 10 heteroatoms. The molecule has 0 radical (unpaired) electrons. The fourth-order valence-electron chi connectivity index (χ4n) is 3.74. The Balaban J connectivity index is 1.33.